The van der Waals surface area contributed by atoms with Gasteiger partial charge in [0, 0.05) is 6.42 Å². The Labute approximate surface area is 679 Å². The molecule has 3 fully saturated rings. The van der Waals surface area contributed by atoms with Gasteiger partial charge in [0.05, 0.1) is 38.6 Å². The molecule has 3 saturated heterocycles. The molecule has 0 radical (unpaired) electrons. The molecule has 650 valence electrons. The second kappa shape index (κ2) is 71.8. The van der Waals surface area contributed by atoms with E-state index in [9.17, 15) is 61.0 Å². The SMILES string of the molecule is CC/C=C\C/C=C\C/C=C\C/C=C\C/C=C\C/C=C\C/C=C\C/C=C\CCCCCCCCCCCCCCCCC(=O)NC(COC1OC(CO)C(OC2OC(CO)C(OC3OC(CO)C(O)C(O)C3O)C(O)C2O)C(O)C1O)C(O)CCCCCCCCCCCCCCCCCCCCCCCCCCCCCC. The van der Waals surface area contributed by atoms with E-state index >= 15 is 0 Å². The molecular formula is C93H165NO18. The van der Waals surface area contributed by atoms with E-state index in [1.807, 2.05) is 0 Å². The van der Waals surface area contributed by atoms with E-state index in [0.717, 1.165) is 103 Å². The van der Waals surface area contributed by atoms with Crippen LogP contribution in [0, 0.1) is 0 Å². The van der Waals surface area contributed by atoms with Gasteiger partial charge in [-0.2, -0.15) is 0 Å². The van der Waals surface area contributed by atoms with Crippen LogP contribution < -0.4 is 5.32 Å². The monoisotopic (exact) mass is 1580 g/mol. The van der Waals surface area contributed by atoms with Crippen LogP contribution in [-0.2, 0) is 33.2 Å². The Hall–Kier alpha value is -3.29. The average Bonchev–Trinajstić information content (AvgIpc) is 0.780. The average molecular weight is 1590 g/mol. The van der Waals surface area contributed by atoms with Crippen molar-refractivity contribution in [3.05, 3.63) is 97.2 Å². The summed E-state index contributed by atoms with van der Waals surface area (Å²) in [4.78, 5) is 13.6. The van der Waals surface area contributed by atoms with Crippen molar-refractivity contribution < 1.29 is 89.4 Å². The smallest absolute Gasteiger partial charge is 0.220 e. The maximum Gasteiger partial charge on any atom is 0.220 e. The van der Waals surface area contributed by atoms with Crippen molar-refractivity contribution in [1.82, 2.24) is 5.32 Å². The van der Waals surface area contributed by atoms with Crippen molar-refractivity contribution in [3.63, 3.8) is 0 Å². The molecule has 3 rings (SSSR count). The zero-order valence-corrected chi connectivity index (χ0v) is 70.1. The topological polar surface area (TPSA) is 307 Å². The van der Waals surface area contributed by atoms with E-state index in [0.29, 0.717) is 12.8 Å². The Morgan fingerprint density at radius 2 is 0.616 bits per heavy atom. The third kappa shape index (κ3) is 49.8. The summed E-state index contributed by atoms with van der Waals surface area (Å²) in [6.07, 6.45) is 72.2. The van der Waals surface area contributed by atoms with Crippen molar-refractivity contribution in [2.45, 2.75) is 458 Å². The number of hydrogen-bond donors (Lipinski definition) is 12. The Kier molecular flexibility index (Phi) is 66.0. The summed E-state index contributed by atoms with van der Waals surface area (Å²) in [7, 11) is 0. The van der Waals surface area contributed by atoms with Crippen molar-refractivity contribution in [2.24, 2.45) is 0 Å². The van der Waals surface area contributed by atoms with E-state index in [4.69, 9.17) is 28.4 Å². The first-order valence-electron chi connectivity index (χ1n) is 45.5. The molecule has 3 heterocycles. The fraction of sp³-hybridized carbons (Fsp3) is 0.817. The van der Waals surface area contributed by atoms with E-state index in [1.54, 1.807) is 0 Å². The molecule has 0 spiro atoms. The summed E-state index contributed by atoms with van der Waals surface area (Å²) < 4.78 is 34.6. The predicted octanol–water partition coefficient (Wildman–Crippen LogP) is 17.5. The lowest BCUT2D eigenvalue weighted by molar-refractivity contribution is -0.379. The lowest BCUT2D eigenvalue weighted by atomic mass is 9.96. The molecule has 3 aliphatic rings. The van der Waals surface area contributed by atoms with Crippen molar-refractivity contribution >= 4 is 5.91 Å². The molecule has 17 atom stereocenters. The lowest BCUT2D eigenvalue weighted by Gasteiger charge is -2.48. The standard InChI is InChI=1S/C93H165NO18/c1-3-5-7-9-11-13-15-17-19-21-23-25-27-29-31-33-34-35-36-37-38-39-40-41-42-43-45-47-49-51-53-55-57-59-61-63-65-67-69-71-81(99)94-76(77(98)70-68-66-64-62-60-58-56-54-52-50-48-46-44-32-30-28-26-24-22-20-18-16-14-12-10-8-6-4-2)75-107-91-87(105)84(102)89(79(73-96)109-91)112-93-88(106)85(103)90(80(74-97)110-93)111-92-86(104)83(101)82(100)78(72-95)108-92/h5,7,11,13,17,19,23,25,29,31,34-35,37-38,40-41,76-80,82-93,95-98,100-106H,3-4,6,8-10,12,14-16,18,20-22,24,26-28,30,32-33,36,39,42-75H2,1-2H3,(H,94,99)/b7-5-,13-11-,19-17-,25-23-,31-29-,35-34-,38-37-,41-40-. The van der Waals surface area contributed by atoms with Gasteiger partial charge < -0.3 is 89.9 Å². The van der Waals surface area contributed by atoms with Gasteiger partial charge in [-0.1, -0.05) is 368 Å². The molecule has 0 bridgehead atoms. The fourth-order valence-corrected chi connectivity index (χ4v) is 15.0. The van der Waals surface area contributed by atoms with Crippen LogP contribution in [0.25, 0.3) is 0 Å². The first-order chi connectivity index (χ1) is 54.8. The van der Waals surface area contributed by atoms with Gasteiger partial charge in [0.2, 0.25) is 5.91 Å². The Morgan fingerprint density at radius 3 is 0.964 bits per heavy atom. The molecule has 112 heavy (non-hydrogen) atoms. The molecule has 12 N–H and O–H groups in total. The Morgan fingerprint density at radius 1 is 0.330 bits per heavy atom. The van der Waals surface area contributed by atoms with Crippen LogP contribution in [0.2, 0.25) is 0 Å². The molecule has 0 aliphatic carbocycles. The third-order valence-electron chi connectivity index (χ3n) is 22.2. The molecule has 19 heteroatoms. The van der Waals surface area contributed by atoms with Gasteiger partial charge in [0.15, 0.2) is 18.9 Å². The number of ether oxygens (including phenoxy) is 6. The number of aliphatic hydroxyl groups is 11. The Bertz CT molecular complexity index is 2400. The summed E-state index contributed by atoms with van der Waals surface area (Å²) in [6.45, 7) is 1.73. The van der Waals surface area contributed by atoms with Crippen LogP contribution in [-0.4, -0.2) is 193 Å². The van der Waals surface area contributed by atoms with Crippen LogP contribution in [0.1, 0.15) is 354 Å². The van der Waals surface area contributed by atoms with Crippen LogP contribution in [0.5, 0.6) is 0 Å². The van der Waals surface area contributed by atoms with Crippen molar-refractivity contribution in [1.29, 1.82) is 0 Å². The first kappa shape index (κ1) is 103. The molecule has 0 saturated carbocycles. The van der Waals surface area contributed by atoms with Gasteiger partial charge in [0.25, 0.3) is 0 Å². The highest BCUT2D eigenvalue weighted by molar-refractivity contribution is 5.76. The van der Waals surface area contributed by atoms with Crippen molar-refractivity contribution in [3.8, 4) is 0 Å². The lowest BCUT2D eigenvalue weighted by Crippen LogP contribution is -2.66. The predicted molar refractivity (Wildman–Crippen MR) is 452 cm³/mol. The fourth-order valence-electron chi connectivity index (χ4n) is 15.0. The molecule has 0 aromatic carbocycles. The van der Waals surface area contributed by atoms with E-state index in [1.165, 1.54) is 218 Å². The van der Waals surface area contributed by atoms with E-state index in [2.05, 4.69) is 116 Å². The number of amides is 1. The first-order valence-corrected chi connectivity index (χ1v) is 45.5. The van der Waals surface area contributed by atoms with E-state index < -0.39 is 124 Å². The normalized spacial score (nSPS) is 25.4. The summed E-state index contributed by atoms with van der Waals surface area (Å²) >= 11 is 0. The minimum atomic E-state index is -1.98. The second-order valence-corrected chi connectivity index (χ2v) is 32.0. The highest BCUT2D eigenvalue weighted by Gasteiger charge is 2.54. The van der Waals surface area contributed by atoms with Crippen LogP contribution in [0.15, 0.2) is 97.2 Å². The van der Waals surface area contributed by atoms with Gasteiger partial charge in [-0.3, -0.25) is 4.79 Å². The number of aliphatic hydroxyl groups excluding tert-OH is 11. The van der Waals surface area contributed by atoms with Gasteiger partial charge >= 0.3 is 0 Å². The number of carbonyl (C=O) groups is 1. The minimum absolute atomic E-state index is 0.241. The van der Waals surface area contributed by atoms with Gasteiger partial charge in [-0.25, -0.2) is 0 Å². The number of hydrogen-bond acceptors (Lipinski definition) is 18. The number of carbonyl (C=O) groups excluding carboxylic acids is 1. The summed E-state index contributed by atoms with van der Waals surface area (Å²) in [5.74, 6) is -0.241. The molecule has 1 amide bonds. The molecule has 17 unspecified atom stereocenters. The summed E-state index contributed by atoms with van der Waals surface area (Å²) in [6, 6.07) is -0.895. The van der Waals surface area contributed by atoms with Gasteiger partial charge in [-0.15, -0.1) is 0 Å². The summed E-state index contributed by atoms with van der Waals surface area (Å²) in [5, 5.41) is 121. The quantitative estimate of drug-likeness (QED) is 0.0199. The molecule has 0 aromatic heterocycles. The van der Waals surface area contributed by atoms with Crippen LogP contribution in [0.4, 0.5) is 0 Å². The molecule has 0 aromatic rings. The Balaban J connectivity index is 1.32. The minimum Gasteiger partial charge on any atom is -0.394 e. The number of rotatable bonds is 73. The highest BCUT2D eigenvalue weighted by Crippen LogP contribution is 2.34. The largest absolute Gasteiger partial charge is 0.394 e. The molecule has 3 aliphatic heterocycles. The second-order valence-electron chi connectivity index (χ2n) is 32.0. The summed E-state index contributed by atoms with van der Waals surface area (Å²) in [5.41, 5.74) is 0. The van der Waals surface area contributed by atoms with Gasteiger partial charge in [0.1, 0.15) is 73.2 Å². The van der Waals surface area contributed by atoms with Gasteiger partial charge in [-0.05, 0) is 77.0 Å². The molecule has 19 nitrogen and oxygen atoms in total. The van der Waals surface area contributed by atoms with Crippen LogP contribution >= 0.6 is 0 Å². The maximum atomic E-state index is 13.6. The van der Waals surface area contributed by atoms with Crippen molar-refractivity contribution in [2.75, 3.05) is 26.4 Å². The third-order valence-corrected chi connectivity index (χ3v) is 22.2. The highest BCUT2D eigenvalue weighted by atomic mass is 16.8. The zero-order chi connectivity index (χ0) is 81.0. The van der Waals surface area contributed by atoms with Crippen LogP contribution in [0.3, 0.4) is 0 Å². The van der Waals surface area contributed by atoms with E-state index in [-0.39, 0.29) is 18.9 Å². The zero-order valence-electron chi connectivity index (χ0n) is 70.1. The molecular weight excluding hydrogens is 1420 g/mol. The maximum absolute atomic E-state index is 13.6. The number of nitrogens with one attached hydrogen (secondary N) is 1. The number of unbranched alkanes of at least 4 members (excludes halogenated alkanes) is 41. The number of allylic oxidation sites excluding steroid dienone is 16.